The first-order valence-electron chi connectivity index (χ1n) is 12.1. The van der Waals surface area contributed by atoms with Crippen molar-refractivity contribution in [1.82, 2.24) is 4.90 Å². The van der Waals surface area contributed by atoms with Gasteiger partial charge in [0, 0.05) is 19.0 Å². The summed E-state index contributed by atoms with van der Waals surface area (Å²) in [4.78, 5) is 13.8. The molecule has 2 aliphatic rings. The van der Waals surface area contributed by atoms with E-state index in [1.807, 2.05) is 0 Å². The van der Waals surface area contributed by atoms with Crippen LogP contribution in [0.2, 0.25) is 0 Å². The highest BCUT2D eigenvalue weighted by atomic mass is 16.4. The van der Waals surface area contributed by atoms with Gasteiger partial charge in [0.1, 0.15) is 0 Å². The maximum absolute atomic E-state index is 11.4. The minimum absolute atomic E-state index is 0.225. The second-order valence-electron chi connectivity index (χ2n) is 9.30. The molecule has 1 heterocycles. The van der Waals surface area contributed by atoms with Gasteiger partial charge in [-0.05, 0) is 65.6 Å². The fourth-order valence-corrected chi connectivity index (χ4v) is 5.54. The zero-order valence-corrected chi connectivity index (χ0v) is 19.0. The normalized spacial score (nSPS) is 21.8. The van der Waals surface area contributed by atoms with Crippen molar-refractivity contribution in [2.24, 2.45) is 5.92 Å². The number of hydrogen-bond donors (Lipinski definition) is 1. The van der Waals surface area contributed by atoms with E-state index < -0.39 is 5.97 Å². The van der Waals surface area contributed by atoms with Gasteiger partial charge in [0.15, 0.2) is 0 Å². The van der Waals surface area contributed by atoms with Gasteiger partial charge in [-0.25, -0.2) is 0 Å². The monoisotopic (exact) mass is 437 g/mol. The number of carboxylic acids is 1. The summed E-state index contributed by atoms with van der Waals surface area (Å²) in [7, 11) is 0. The number of carbonyl (C=O) groups is 1. The zero-order valence-electron chi connectivity index (χ0n) is 19.0. The van der Waals surface area contributed by atoms with Crippen LogP contribution in [0.15, 0.2) is 84.9 Å². The van der Waals surface area contributed by atoms with Crippen LogP contribution in [0.4, 0.5) is 0 Å². The van der Waals surface area contributed by atoms with Gasteiger partial charge in [-0.1, -0.05) is 84.9 Å². The zero-order chi connectivity index (χ0) is 22.6. The van der Waals surface area contributed by atoms with Crippen molar-refractivity contribution < 1.29 is 9.90 Å². The van der Waals surface area contributed by atoms with E-state index in [1.165, 1.54) is 33.4 Å². The summed E-state index contributed by atoms with van der Waals surface area (Å²) in [6.45, 7) is 2.57. The molecule has 3 heteroatoms. The number of benzene rings is 3. The minimum Gasteiger partial charge on any atom is -0.481 e. The molecule has 0 spiro atoms. The Morgan fingerprint density at radius 3 is 2.48 bits per heavy atom. The summed E-state index contributed by atoms with van der Waals surface area (Å²) in [6.07, 6.45) is 6.06. The second-order valence-corrected chi connectivity index (χ2v) is 9.30. The van der Waals surface area contributed by atoms with Crippen LogP contribution in [-0.2, 0) is 11.2 Å². The van der Waals surface area contributed by atoms with Crippen LogP contribution in [-0.4, -0.2) is 35.6 Å². The Morgan fingerprint density at radius 2 is 1.67 bits per heavy atom. The third-order valence-electron chi connectivity index (χ3n) is 7.21. The number of carboxylic acid groups (broad SMARTS) is 1. The topological polar surface area (TPSA) is 40.5 Å². The van der Waals surface area contributed by atoms with Crippen molar-refractivity contribution in [3.8, 4) is 0 Å². The standard InChI is InChI=1S/C30H31NO2/c32-30(33)24-13-8-18-31(21-24)19-9-17-26-25-14-5-4-12-23(25)20-29(22-10-2-1-3-11-22)28-16-7-6-15-27(26)28/h1-7,10-12,14-17,24,29H,8-9,13,18-21H2,(H,32,33)/b26-17-. The summed E-state index contributed by atoms with van der Waals surface area (Å²) < 4.78 is 0. The first-order valence-corrected chi connectivity index (χ1v) is 12.1. The molecule has 1 N–H and O–H groups in total. The molecule has 3 nitrogen and oxygen atoms in total. The van der Waals surface area contributed by atoms with E-state index in [2.05, 4.69) is 89.8 Å². The Balaban J connectivity index is 1.48. The molecule has 1 aliphatic heterocycles. The second kappa shape index (κ2) is 9.76. The minimum atomic E-state index is -0.656. The number of likely N-dealkylation sites (tertiary alicyclic amines) is 1. The average molecular weight is 438 g/mol. The van der Waals surface area contributed by atoms with Gasteiger partial charge in [0.25, 0.3) is 0 Å². The average Bonchev–Trinajstić information content (AvgIpc) is 3.00. The Morgan fingerprint density at radius 1 is 0.939 bits per heavy atom. The van der Waals surface area contributed by atoms with Gasteiger partial charge in [0.2, 0.25) is 0 Å². The molecule has 2 atom stereocenters. The first kappa shape index (κ1) is 21.7. The van der Waals surface area contributed by atoms with E-state index in [0.717, 1.165) is 38.8 Å². The van der Waals surface area contributed by atoms with Crippen molar-refractivity contribution in [2.45, 2.75) is 31.6 Å². The number of fused-ring (bicyclic) bond motifs is 2. The maximum atomic E-state index is 11.4. The summed E-state index contributed by atoms with van der Waals surface area (Å²) in [5, 5.41) is 9.42. The number of nitrogens with zero attached hydrogens (tertiary/aromatic N) is 1. The Labute approximate surface area is 196 Å². The lowest BCUT2D eigenvalue weighted by molar-refractivity contribution is -0.143. The molecule has 0 saturated carbocycles. The van der Waals surface area contributed by atoms with Crippen molar-refractivity contribution in [3.05, 3.63) is 113 Å². The molecule has 1 aliphatic carbocycles. The van der Waals surface area contributed by atoms with E-state index in [4.69, 9.17) is 0 Å². The van der Waals surface area contributed by atoms with Crippen LogP contribution in [0.25, 0.3) is 5.57 Å². The molecule has 0 radical (unpaired) electrons. The predicted octanol–water partition coefficient (Wildman–Crippen LogP) is 5.99. The van der Waals surface area contributed by atoms with Gasteiger partial charge < -0.3 is 10.0 Å². The van der Waals surface area contributed by atoms with Crippen LogP contribution in [0.1, 0.15) is 53.0 Å². The van der Waals surface area contributed by atoms with Crippen molar-refractivity contribution in [2.75, 3.05) is 19.6 Å². The third-order valence-corrected chi connectivity index (χ3v) is 7.21. The van der Waals surface area contributed by atoms with Gasteiger partial charge >= 0.3 is 5.97 Å². The summed E-state index contributed by atoms with van der Waals surface area (Å²) >= 11 is 0. The molecular weight excluding hydrogens is 406 g/mol. The van der Waals surface area contributed by atoms with Crippen LogP contribution in [0.5, 0.6) is 0 Å². The van der Waals surface area contributed by atoms with Gasteiger partial charge in [-0.3, -0.25) is 4.79 Å². The van der Waals surface area contributed by atoms with Crippen LogP contribution in [0.3, 0.4) is 0 Å². The van der Waals surface area contributed by atoms with Gasteiger partial charge in [-0.15, -0.1) is 0 Å². The van der Waals surface area contributed by atoms with Gasteiger partial charge in [0.05, 0.1) is 5.92 Å². The van der Waals surface area contributed by atoms with E-state index >= 15 is 0 Å². The summed E-state index contributed by atoms with van der Waals surface area (Å²) in [5.41, 5.74) is 8.08. The molecule has 3 aromatic rings. The summed E-state index contributed by atoms with van der Waals surface area (Å²) in [5.74, 6) is -0.554. The molecule has 1 saturated heterocycles. The lowest BCUT2D eigenvalue weighted by Crippen LogP contribution is -2.39. The fourth-order valence-electron chi connectivity index (χ4n) is 5.54. The molecule has 168 valence electrons. The molecule has 5 rings (SSSR count). The summed E-state index contributed by atoms with van der Waals surface area (Å²) in [6, 6.07) is 28.5. The van der Waals surface area contributed by atoms with Gasteiger partial charge in [-0.2, -0.15) is 0 Å². The largest absolute Gasteiger partial charge is 0.481 e. The highest BCUT2D eigenvalue weighted by Gasteiger charge is 2.27. The molecule has 0 amide bonds. The quantitative estimate of drug-likeness (QED) is 0.533. The highest BCUT2D eigenvalue weighted by molar-refractivity contribution is 5.84. The maximum Gasteiger partial charge on any atom is 0.307 e. The van der Waals surface area contributed by atoms with Crippen LogP contribution < -0.4 is 0 Å². The van der Waals surface area contributed by atoms with Crippen LogP contribution >= 0.6 is 0 Å². The molecule has 0 aromatic heterocycles. The number of rotatable bonds is 5. The molecule has 2 unspecified atom stereocenters. The number of hydrogen-bond acceptors (Lipinski definition) is 2. The first-order chi connectivity index (χ1) is 16.2. The number of aliphatic carboxylic acids is 1. The number of piperidine rings is 1. The lowest BCUT2D eigenvalue weighted by Gasteiger charge is -2.30. The van der Waals surface area contributed by atoms with E-state index in [9.17, 15) is 9.90 Å². The van der Waals surface area contributed by atoms with Crippen molar-refractivity contribution in [1.29, 1.82) is 0 Å². The molecule has 0 bridgehead atoms. The van der Waals surface area contributed by atoms with E-state index in [1.54, 1.807) is 0 Å². The Bertz CT molecular complexity index is 1150. The van der Waals surface area contributed by atoms with Crippen LogP contribution in [0, 0.1) is 5.92 Å². The molecular formula is C30H31NO2. The Kier molecular flexibility index (Phi) is 6.41. The molecule has 33 heavy (non-hydrogen) atoms. The highest BCUT2D eigenvalue weighted by Crippen LogP contribution is 2.41. The van der Waals surface area contributed by atoms with E-state index in [0.29, 0.717) is 12.5 Å². The Hall–Kier alpha value is -3.17. The fraction of sp³-hybridized carbons (Fsp3) is 0.300. The van der Waals surface area contributed by atoms with Crippen molar-refractivity contribution >= 4 is 11.5 Å². The third kappa shape index (κ3) is 4.65. The van der Waals surface area contributed by atoms with E-state index in [-0.39, 0.29) is 5.92 Å². The smallest absolute Gasteiger partial charge is 0.307 e. The lowest BCUT2D eigenvalue weighted by atomic mass is 9.85. The van der Waals surface area contributed by atoms with Crippen molar-refractivity contribution in [3.63, 3.8) is 0 Å². The molecule has 3 aromatic carbocycles. The molecule has 1 fully saturated rings. The predicted molar refractivity (Wildman–Crippen MR) is 133 cm³/mol. The SMILES string of the molecule is O=C(O)C1CCCN(CC/C=C2/c3ccccc3CC(c3ccccc3)c3ccccc32)C1.